The number of pyridine rings is 1. The van der Waals surface area contributed by atoms with Crippen LogP contribution in [0.3, 0.4) is 0 Å². The van der Waals surface area contributed by atoms with Crippen molar-refractivity contribution in [2.24, 2.45) is 5.92 Å². The molecular weight excluding hydrogens is 392 g/mol. The molecule has 3 aromatic heterocycles. The maximum atomic E-state index is 13.2. The van der Waals surface area contributed by atoms with Crippen LogP contribution in [0.25, 0.3) is 22.2 Å². The third-order valence-electron chi connectivity index (χ3n) is 6.05. The number of nitrogens with zero attached hydrogens (tertiary/aromatic N) is 3. The number of ether oxygens (including phenoxy) is 1. The van der Waals surface area contributed by atoms with Crippen molar-refractivity contribution in [3.8, 4) is 16.9 Å². The molecule has 1 aliphatic heterocycles. The van der Waals surface area contributed by atoms with Crippen molar-refractivity contribution < 1.29 is 9.26 Å². The van der Waals surface area contributed by atoms with Gasteiger partial charge in [0.15, 0.2) is 5.75 Å². The van der Waals surface area contributed by atoms with E-state index in [1.165, 1.54) is 0 Å². The van der Waals surface area contributed by atoms with Crippen LogP contribution in [-0.4, -0.2) is 26.3 Å². The summed E-state index contributed by atoms with van der Waals surface area (Å²) in [6, 6.07) is 7.58. The molecule has 160 valence electrons. The van der Waals surface area contributed by atoms with E-state index in [-0.39, 0.29) is 11.7 Å². The maximum Gasteiger partial charge on any atom is 0.327 e. The van der Waals surface area contributed by atoms with Crippen LogP contribution >= 0.6 is 0 Å². The van der Waals surface area contributed by atoms with Crippen molar-refractivity contribution >= 4 is 11.0 Å². The van der Waals surface area contributed by atoms with Gasteiger partial charge in [-0.25, -0.2) is 4.79 Å². The second-order valence-corrected chi connectivity index (χ2v) is 8.65. The highest BCUT2D eigenvalue weighted by molar-refractivity contribution is 5.94. The molecule has 0 amide bonds. The second-order valence-electron chi connectivity index (χ2n) is 8.65. The van der Waals surface area contributed by atoms with Crippen LogP contribution in [0.2, 0.25) is 0 Å². The Hall–Kier alpha value is -3.35. The number of nitrogens with one attached hydrogen (secondary N) is 1. The van der Waals surface area contributed by atoms with Gasteiger partial charge in [-0.3, -0.25) is 9.55 Å². The molecule has 0 bridgehead atoms. The van der Waals surface area contributed by atoms with E-state index in [1.807, 2.05) is 32.0 Å². The molecule has 7 heteroatoms. The largest absolute Gasteiger partial charge is 0.488 e. The van der Waals surface area contributed by atoms with E-state index in [9.17, 15) is 4.79 Å². The topological polar surface area (TPSA) is 85.9 Å². The van der Waals surface area contributed by atoms with Gasteiger partial charge in [-0.05, 0) is 56.4 Å². The number of aromatic amines is 1. The van der Waals surface area contributed by atoms with Crippen molar-refractivity contribution in [2.75, 3.05) is 6.61 Å². The van der Waals surface area contributed by atoms with Gasteiger partial charge in [0.1, 0.15) is 23.9 Å². The Morgan fingerprint density at radius 3 is 2.81 bits per heavy atom. The van der Waals surface area contributed by atoms with Gasteiger partial charge in [-0.15, -0.1) is 0 Å². The summed E-state index contributed by atoms with van der Waals surface area (Å²) in [6.07, 6.45) is 3.63. The number of aryl methyl sites for hydroxylation is 3. The summed E-state index contributed by atoms with van der Waals surface area (Å²) < 4.78 is 13.6. The molecule has 0 spiro atoms. The lowest BCUT2D eigenvalue weighted by molar-refractivity contribution is 0.255. The van der Waals surface area contributed by atoms with Gasteiger partial charge < -0.3 is 14.2 Å². The van der Waals surface area contributed by atoms with Gasteiger partial charge in [0, 0.05) is 11.8 Å². The quantitative estimate of drug-likeness (QED) is 0.513. The zero-order chi connectivity index (χ0) is 21.7. The smallest absolute Gasteiger partial charge is 0.327 e. The number of imidazole rings is 1. The fraction of sp³-hybridized carbons (Fsp3) is 0.375. The molecule has 0 saturated carbocycles. The molecule has 1 atom stereocenters. The number of benzene rings is 1. The lowest BCUT2D eigenvalue weighted by Gasteiger charge is -2.27. The van der Waals surface area contributed by atoms with Crippen LogP contribution in [0.5, 0.6) is 5.75 Å². The number of H-pyrrole nitrogens is 1. The molecule has 31 heavy (non-hydrogen) atoms. The highest BCUT2D eigenvalue weighted by Gasteiger charge is 2.32. The van der Waals surface area contributed by atoms with Gasteiger partial charge in [-0.2, -0.15) is 0 Å². The normalized spacial score (nSPS) is 15.6. The van der Waals surface area contributed by atoms with Crippen molar-refractivity contribution in [2.45, 2.75) is 46.6 Å². The van der Waals surface area contributed by atoms with E-state index in [4.69, 9.17) is 9.26 Å². The molecule has 7 nitrogen and oxygen atoms in total. The molecule has 1 N–H and O–H groups in total. The highest BCUT2D eigenvalue weighted by Crippen LogP contribution is 2.44. The Bertz CT molecular complexity index is 1290. The van der Waals surface area contributed by atoms with Crippen LogP contribution in [0.1, 0.15) is 49.0 Å². The predicted octanol–water partition coefficient (Wildman–Crippen LogP) is 4.57. The third kappa shape index (κ3) is 3.15. The lowest BCUT2D eigenvalue weighted by atomic mass is 9.94. The third-order valence-corrected chi connectivity index (χ3v) is 6.05. The average molecular weight is 418 g/mol. The predicted molar refractivity (Wildman–Crippen MR) is 119 cm³/mol. The summed E-state index contributed by atoms with van der Waals surface area (Å²) in [4.78, 5) is 20.8. The monoisotopic (exact) mass is 418 g/mol. The molecular formula is C24H26N4O3. The number of aromatic nitrogens is 4. The van der Waals surface area contributed by atoms with Crippen molar-refractivity contribution in [1.29, 1.82) is 0 Å². The number of rotatable bonds is 5. The minimum absolute atomic E-state index is 0.142. The van der Waals surface area contributed by atoms with Gasteiger partial charge in [0.2, 0.25) is 0 Å². The fourth-order valence-electron chi connectivity index (χ4n) is 4.51. The first kappa shape index (κ1) is 19.6. The number of hydrogen-bond acceptors (Lipinski definition) is 5. The van der Waals surface area contributed by atoms with Crippen LogP contribution in [0.15, 0.2) is 39.8 Å². The SMILES string of the molecule is Cc1noc(C)c1-c1cc(CCC(C)C)c2[nH]c(=O)n3c2c1OCC3c1ccccn1. The summed E-state index contributed by atoms with van der Waals surface area (Å²) >= 11 is 0. The molecule has 1 unspecified atom stereocenters. The van der Waals surface area contributed by atoms with E-state index < -0.39 is 0 Å². The van der Waals surface area contributed by atoms with Crippen LogP contribution in [0.4, 0.5) is 0 Å². The molecule has 0 fully saturated rings. The summed E-state index contributed by atoms with van der Waals surface area (Å²) in [5.74, 6) is 1.99. The van der Waals surface area contributed by atoms with Crippen molar-refractivity contribution in [3.05, 3.63) is 63.7 Å². The maximum absolute atomic E-state index is 13.2. The molecule has 0 saturated heterocycles. The first-order valence-electron chi connectivity index (χ1n) is 10.7. The van der Waals surface area contributed by atoms with Crippen LogP contribution in [-0.2, 0) is 6.42 Å². The second kappa shape index (κ2) is 7.41. The van der Waals surface area contributed by atoms with Crippen LogP contribution in [0, 0.1) is 19.8 Å². The standard InChI is InChI=1S/C24H26N4O3/c1-13(2)8-9-16-11-17(20-14(3)27-31-15(20)4)23-22-21(16)26-24(29)28(22)19(12-30-23)18-7-5-6-10-25-18/h5-7,10-11,13,19H,8-9,12H2,1-4H3,(H,26,29). The Morgan fingerprint density at radius 1 is 1.29 bits per heavy atom. The van der Waals surface area contributed by atoms with Gasteiger partial charge in [-0.1, -0.05) is 25.1 Å². The van der Waals surface area contributed by atoms with Gasteiger partial charge in [0.25, 0.3) is 0 Å². The lowest BCUT2D eigenvalue weighted by Crippen LogP contribution is -2.31. The summed E-state index contributed by atoms with van der Waals surface area (Å²) in [5, 5.41) is 4.14. The summed E-state index contributed by atoms with van der Waals surface area (Å²) in [6.45, 7) is 8.58. The fourth-order valence-corrected chi connectivity index (χ4v) is 4.51. The first-order chi connectivity index (χ1) is 15.0. The zero-order valence-electron chi connectivity index (χ0n) is 18.2. The molecule has 4 heterocycles. The molecule has 4 aromatic rings. The van der Waals surface area contributed by atoms with E-state index in [0.29, 0.717) is 18.3 Å². The van der Waals surface area contributed by atoms with Crippen molar-refractivity contribution in [1.82, 2.24) is 19.7 Å². The molecule has 0 radical (unpaired) electrons. The van der Waals surface area contributed by atoms with E-state index in [0.717, 1.165) is 57.7 Å². The highest BCUT2D eigenvalue weighted by atomic mass is 16.5. The Balaban J connectivity index is 1.81. The first-order valence-corrected chi connectivity index (χ1v) is 10.7. The number of hydrogen-bond donors (Lipinski definition) is 1. The van der Waals surface area contributed by atoms with E-state index >= 15 is 0 Å². The summed E-state index contributed by atoms with van der Waals surface area (Å²) in [5.41, 5.74) is 6.07. The van der Waals surface area contributed by atoms with Gasteiger partial charge in [0.05, 0.1) is 22.5 Å². The Kier molecular flexibility index (Phi) is 4.68. The van der Waals surface area contributed by atoms with Crippen LogP contribution < -0.4 is 10.4 Å². The average Bonchev–Trinajstić information content (AvgIpc) is 3.28. The molecule has 1 aliphatic rings. The minimum Gasteiger partial charge on any atom is -0.488 e. The van der Waals surface area contributed by atoms with Gasteiger partial charge >= 0.3 is 5.69 Å². The molecule has 0 aliphatic carbocycles. The Morgan fingerprint density at radius 2 is 2.13 bits per heavy atom. The van der Waals surface area contributed by atoms with Crippen molar-refractivity contribution in [3.63, 3.8) is 0 Å². The molecule has 1 aromatic carbocycles. The molecule has 5 rings (SSSR count). The van der Waals surface area contributed by atoms with E-state index in [2.05, 4.69) is 35.0 Å². The minimum atomic E-state index is -0.284. The Labute approximate surface area is 180 Å². The summed E-state index contributed by atoms with van der Waals surface area (Å²) in [7, 11) is 0. The zero-order valence-corrected chi connectivity index (χ0v) is 18.2. The van der Waals surface area contributed by atoms with E-state index in [1.54, 1.807) is 10.8 Å².